The molecule has 1 N–H and O–H groups in total. The lowest BCUT2D eigenvalue weighted by atomic mass is 9.95. The third kappa shape index (κ3) is 4.47. The molecule has 2 aromatic rings. The molecule has 1 atom stereocenters. The fraction of sp³-hybridized carbons (Fsp3) is 0.476. The van der Waals surface area contributed by atoms with Crippen molar-refractivity contribution in [3.8, 4) is 0 Å². The third-order valence-corrected chi connectivity index (χ3v) is 8.84. The summed E-state index contributed by atoms with van der Waals surface area (Å²) in [4.78, 5) is 12.8. The molecule has 0 aliphatic carbocycles. The predicted octanol–water partition coefficient (Wildman–Crippen LogP) is 4.03. The van der Waals surface area contributed by atoms with Crippen LogP contribution in [0, 0.1) is 19.8 Å². The first-order chi connectivity index (χ1) is 13.3. The minimum atomic E-state index is -3.43. The molecule has 1 fully saturated rings. The molecule has 1 aliphatic heterocycles. The molecule has 1 aromatic heterocycles. The van der Waals surface area contributed by atoms with E-state index in [1.807, 2.05) is 0 Å². The van der Waals surface area contributed by atoms with Crippen LogP contribution < -0.4 is 5.32 Å². The summed E-state index contributed by atoms with van der Waals surface area (Å²) < 4.78 is 27.1. The van der Waals surface area contributed by atoms with Crippen LogP contribution >= 0.6 is 11.3 Å². The van der Waals surface area contributed by atoms with Crippen LogP contribution in [0.5, 0.6) is 0 Å². The number of hydrogen-bond acceptors (Lipinski definition) is 4. The van der Waals surface area contributed by atoms with Gasteiger partial charge in [-0.2, -0.15) is 4.31 Å². The normalized spacial score (nSPS) is 17.4. The number of benzene rings is 1. The van der Waals surface area contributed by atoms with Gasteiger partial charge in [-0.1, -0.05) is 31.2 Å². The predicted molar refractivity (Wildman–Crippen MR) is 113 cm³/mol. The SMILES string of the molecule is CC[C@@H](NC(=O)C1CCN(S(=O)(=O)c2cccs2)CC1)c1ccc(C)c(C)c1. The van der Waals surface area contributed by atoms with Crippen molar-refractivity contribution in [2.45, 2.75) is 50.3 Å². The van der Waals surface area contributed by atoms with Crippen molar-refractivity contribution in [1.29, 1.82) is 0 Å². The molecule has 3 rings (SSSR count). The van der Waals surface area contributed by atoms with Crippen LogP contribution in [0.4, 0.5) is 0 Å². The number of nitrogens with zero attached hydrogens (tertiary/aromatic N) is 1. The smallest absolute Gasteiger partial charge is 0.252 e. The van der Waals surface area contributed by atoms with Gasteiger partial charge in [0.25, 0.3) is 10.0 Å². The fourth-order valence-corrected chi connectivity index (χ4v) is 6.20. The van der Waals surface area contributed by atoms with Gasteiger partial charge < -0.3 is 5.32 Å². The van der Waals surface area contributed by atoms with Crippen molar-refractivity contribution in [2.75, 3.05) is 13.1 Å². The molecule has 5 nitrogen and oxygen atoms in total. The number of nitrogens with one attached hydrogen (secondary N) is 1. The number of carbonyl (C=O) groups excluding carboxylic acids is 1. The lowest BCUT2D eigenvalue weighted by molar-refractivity contribution is -0.126. The average Bonchev–Trinajstić information content (AvgIpc) is 3.24. The monoisotopic (exact) mass is 420 g/mol. The van der Waals surface area contributed by atoms with Crippen molar-refractivity contribution >= 4 is 27.3 Å². The summed E-state index contributed by atoms with van der Waals surface area (Å²) in [7, 11) is -3.43. The topological polar surface area (TPSA) is 66.5 Å². The summed E-state index contributed by atoms with van der Waals surface area (Å²) in [5.74, 6) is -0.117. The molecule has 1 amide bonds. The maximum atomic E-state index is 12.8. The highest BCUT2D eigenvalue weighted by Gasteiger charge is 2.33. The van der Waals surface area contributed by atoms with E-state index in [0.29, 0.717) is 30.1 Å². The molecular weight excluding hydrogens is 392 g/mol. The highest BCUT2D eigenvalue weighted by Crippen LogP contribution is 2.27. The van der Waals surface area contributed by atoms with E-state index >= 15 is 0 Å². The Hall–Kier alpha value is -1.70. The average molecular weight is 421 g/mol. The molecule has 2 heterocycles. The molecule has 1 aromatic carbocycles. The minimum Gasteiger partial charge on any atom is -0.349 e. The van der Waals surface area contributed by atoms with Gasteiger partial charge >= 0.3 is 0 Å². The number of hydrogen-bond donors (Lipinski definition) is 1. The van der Waals surface area contributed by atoms with Gasteiger partial charge in [-0.25, -0.2) is 8.42 Å². The van der Waals surface area contributed by atoms with E-state index in [0.717, 1.165) is 12.0 Å². The molecule has 28 heavy (non-hydrogen) atoms. The van der Waals surface area contributed by atoms with Gasteiger partial charge in [0.1, 0.15) is 4.21 Å². The van der Waals surface area contributed by atoms with Crippen LogP contribution in [0.3, 0.4) is 0 Å². The van der Waals surface area contributed by atoms with E-state index in [4.69, 9.17) is 0 Å². The summed E-state index contributed by atoms with van der Waals surface area (Å²) >= 11 is 1.23. The third-order valence-electron chi connectivity index (χ3n) is 5.57. The first-order valence-corrected chi connectivity index (χ1v) is 12.1. The van der Waals surface area contributed by atoms with E-state index in [1.54, 1.807) is 17.5 Å². The molecule has 0 bridgehead atoms. The number of piperidine rings is 1. The fourth-order valence-electron chi connectivity index (χ4n) is 3.59. The number of sulfonamides is 1. The van der Waals surface area contributed by atoms with Gasteiger partial charge in [0.05, 0.1) is 6.04 Å². The number of amides is 1. The van der Waals surface area contributed by atoms with Crippen molar-refractivity contribution in [3.05, 3.63) is 52.4 Å². The quantitative estimate of drug-likeness (QED) is 0.767. The van der Waals surface area contributed by atoms with Gasteiger partial charge in [0, 0.05) is 19.0 Å². The maximum absolute atomic E-state index is 12.8. The molecule has 0 radical (unpaired) electrons. The van der Waals surface area contributed by atoms with Crippen LogP contribution in [0.15, 0.2) is 39.9 Å². The standard InChI is InChI=1S/C21H28N2O3S2/c1-4-19(18-8-7-15(2)16(3)14-18)22-21(24)17-9-11-23(12-10-17)28(25,26)20-6-5-13-27-20/h5-8,13-14,17,19H,4,9-12H2,1-3H3,(H,22,24)/t19-/m1/s1. The van der Waals surface area contributed by atoms with Crippen LogP contribution in [0.25, 0.3) is 0 Å². The first kappa shape index (κ1) is 21.0. The summed E-state index contributed by atoms with van der Waals surface area (Å²) in [6.45, 7) is 7.00. The maximum Gasteiger partial charge on any atom is 0.252 e. The van der Waals surface area contributed by atoms with Crippen molar-refractivity contribution in [3.63, 3.8) is 0 Å². The zero-order valence-corrected chi connectivity index (χ0v) is 18.3. The second kappa shape index (κ2) is 8.76. The Balaban J connectivity index is 1.61. The van der Waals surface area contributed by atoms with Crippen LogP contribution in [0.2, 0.25) is 0 Å². The molecule has 1 saturated heterocycles. The summed E-state index contributed by atoms with van der Waals surface area (Å²) in [5.41, 5.74) is 3.58. The Morgan fingerprint density at radius 1 is 1.21 bits per heavy atom. The lowest BCUT2D eigenvalue weighted by Crippen LogP contribution is -2.43. The molecule has 0 unspecified atom stereocenters. The number of carbonyl (C=O) groups is 1. The van der Waals surface area contributed by atoms with E-state index < -0.39 is 10.0 Å². The van der Waals surface area contributed by atoms with Crippen LogP contribution in [0.1, 0.15) is 48.9 Å². The Labute approximate surface area is 171 Å². The number of rotatable bonds is 6. The van der Waals surface area contributed by atoms with Crippen LogP contribution in [-0.2, 0) is 14.8 Å². The molecule has 1 aliphatic rings. The molecule has 0 spiro atoms. The van der Waals surface area contributed by atoms with E-state index in [-0.39, 0.29) is 17.9 Å². The highest BCUT2D eigenvalue weighted by atomic mass is 32.2. The highest BCUT2D eigenvalue weighted by molar-refractivity contribution is 7.91. The molecule has 0 saturated carbocycles. The van der Waals surface area contributed by atoms with Crippen molar-refractivity contribution in [2.24, 2.45) is 5.92 Å². The van der Waals surface area contributed by atoms with Crippen molar-refractivity contribution in [1.82, 2.24) is 9.62 Å². The second-order valence-electron chi connectivity index (χ2n) is 7.42. The van der Waals surface area contributed by atoms with E-state index in [9.17, 15) is 13.2 Å². The summed E-state index contributed by atoms with van der Waals surface area (Å²) in [6, 6.07) is 9.67. The van der Waals surface area contributed by atoms with Crippen molar-refractivity contribution < 1.29 is 13.2 Å². The first-order valence-electron chi connectivity index (χ1n) is 9.74. The second-order valence-corrected chi connectivity index (χ2v) is 10.5. The van der Waals surface area contributed by atoms with Gasteiger partial charge in [-0.3, -0.25) is 4.79 Å². The van der Waals surface area contributed by atoms with Gasteiger partial charge in [0.2, 0.25) is 5.91 Å². The zero-order chi connectivity index (χ0) is 20.3. The molecule has 7 heteroatoms. The van der Waals surface area contributed by atoms with E-state index in [2.05, 4.69) is 44.3 Å². The minimum absolute atomic E-state index is 0.0142. The van der Waals surface area contributed by atoms with Gasteiger partial charge in [-0.15, -0.1) is 11.3 Å². The van der Waals surface area contributed by atoms with Gasteiger partial charge in [0.15, 0.2) is 0 Å². The molecule has 152 valence electrons. The largest absolute Gasteiger partial charge is 0.349 e. The Kier molecular flexibility index (Phi) is 6.58. The zero-order valence-electron chi connectivity index (χ0n) is 16.6. The molecular formula is C21H28N2O3S2. The Morgan fingerprint density at radius 3 is 2.50 bits per heavy atom. The van der Waals surface area contributed by atoms with E-state index in [1.165, 1.54) is 26.8 Å². The number of aryl methyl sites for hydroxylation is 2. The Bertz CT molecular complexity index is 915. The Morgan fingerprint density at radius 2 is 1.93 bits per heavy atom. The van der Waals surface area contributed by atoms with Gasteiger partial charge in [-0.05, 0) is 61.2 Å². The summed E-state index contributed by atoms with van der Waals surface area (Å²) in [6.07, 6.45) is 1.93. The number of thiophene rings is 1. The lowest BCUT2D eigenvalue weighted by Gasteiger charge is -2.31. The van der Waals surface area contributed by atoms with Crippen LogP contribution in [-0.4, -0.2) is 31.7 Å². The summed E-state index contributed by atoms with van der Waals surface area (Å²) in [5, 5.41) is 4.94.